The summed E-state index contributed by atoms with van der Waals surface area (Å²) in [4.78, 5) is 5.25. The summed E-state index contributed by atoms with van der Waals surface area (Å²) in [5.74, 6) is 0.950. The molecule has 106 valence electrons. The molecule has 0 spiro atoms. The summed E-state index contributed by atoms with van der Waals surface area (Å²) >= 11 is 0. The molecule has 1 saturated heterocycles. The van der Waals surface area contributed by atoms with Crippen molar-refractivity contribution in [2.45, 2.75) is 57.7 Å². The van der Waals surface area contributed by atoms with Crippen molar-refractivity contribution in [3.05, 3.63) is 0 Å². The fourth-order valence-electron chi connectivity index (χ4n) is 3.95. The summed E-state index contributed by atoms with van der Waals surface area (Å²) < 4.78 is 0. The van der Waals surface area contributed by atoms with Gasteiger partial charge in [-0.3, -0.25) is 4.90 Å². The molecule has 0 radical (unpaired) electrons. The van der Waals surface area contributed by atoms with Crippen LogP contribution in [0.5, 0.6) is 0 Å². The summed E-state index contributed by atoms with van der Waals surface area (Å²) in [5.41, 5.74) is 0. The first-order chi connectivity index (χ1) is 8.65. The lowest BCUT2D eigenvalue weighted by Crippen LogP contribution is -2.60. The first-order valence-electron chi connectivity index (χ1n) is 7.77. The van der Waals surface area contributed by atoms with Gasteiger partial charge in [0.05, 0.1) is 0 Å². The Balaban J connectivity index is 2.02. The second-order valence-corrected chi connectivity index (χ2v) is 6.40. The summed E-state index contributed by atoms with van der Waals surface area (Å²) in [6, 6.07) is 2.18. The number of hydrogen-bond acceptors (Lipinski definition) is 3. The number of piperazine rings is 1. The minimum atomic E-state index is 0.707. The van der Waals surface area contributed by atoms with Gasteiger partial charge in [0.2, 0.25) is 0 Å². The molecule has 1 heterocycles. The first-order valence-corrected chi connectivity index (χ1v) is 7.77. The molecule has 18 heavy (non-hydrogen) atoms. The Kier molecular flexibility index (Phi) is 5.05. The molecule has 3 heteroatoms. The molecule has 0 aromatic rings. The van der Waals surface area contributed by atoms with Crippen molar-refractivity contribution in [1.29, 1.82) is 0 Å². The Morgan fingerprint density at radius 3 is 2.61 bits per heavy atom. The molecule has 2 aliphatic rings. The third-order valence-electron chi connectivity index (χ3n) is 5.18. The van der Waals surface area contributed by atoms with Crippen molar-refractivity contribution >= 4 is 0 Å². The highest BCUT2D eigenvalue weighted by atomic mass is 15.3. The fourth-order valence-corrected chi connectivity index (χ4v) is 3.95. The molecule has 3 nitrogen and oxygen atoms in total. The van der Waals surface area contributed by atoms with Crippen molar-refractivity contribution in [3.8, 4) is 0 Å². The van der Waals surface area contributed by atoms with Gasteiger partial charge >= 0.3 is 0 Å². The maximum absolute atomic E-state index is 3.57. The minimum Gasteiger partial charge on any atom is -0.315 e. The van der Waals surface area contributed by atoms with E-state index >= 15 is 0 Å². The first kappa shape index (κ1) is 14.3. The van der Waals surface area contributed by atoms with Crippen molar-refractivity contribution < 1.29 is 0 Å². The number of likely N-dealkylation sites (N-methyl/N-ethyl adjacent to an activating group) is 2. The zero-order valence-electron chi connectivity index (χ0n) is 12.7. The smallest absolute Gasteiger partial charge is 0.0255 e. The summed E-state index contributed by atoms with van der Waals surface area (Å²) in [6.07, 6.45) is 5.53. The van der Waals surface area contributed by atoms with Gasteiger partial charge in [-0.2, -0.15) is 0 Å². The number of rotatable bonds is 3. The van der Waals surface area contributed by atoms with Crippen LogP contribution >= 0.6 is 0 Å². The third-order valence-corrected chi connectivity index (χ3v) is 5.18. The standard InChI is InChI=1S/C15H31N3/c1-5-13-6-7-14(16-3)15(10-13)18-9-8-17(4)11-12(18)2/h12-16H,5-11H2,1-4H3. The van der Waals surface area contributed by atoms with E-state index in [2.05, 4.69) is 43.1 Å². The number of hydrogen-bond donors (Lipinski definition) is 1. The lowest BCUT2D eigenvalue weighted by Gasteiger charge is -2.48. The van der Waals surface area contributed by atoms with E-state index in [0.29, 0.717) is 12.1 Å². The SMILES string of the molecule is CCC1CCC(NC)C(N2CCN(C)CC2C)C1. The molecular formula is C15H31N3. The highest BCUT2D eigenvalue weighted by molar-refractivity contribution is 4.94. The quantitative estimate of drug-likeness (QED) is 0.827. The van der Waals surface area contributed by atoms with E-state index in [4.69, 9.17) is 0 Å². The topological polar surface area (TPSA) is 18.5 Å². The normalized spacial score (nSPS) is 40.0. The molecule has 0 aromatic carbocycles. The van der Waals surface area contributed by atoms with Gasteiger partial charge in [0.15, 0.2) is 0 Å². The van der Waals surface area contributed by atoms with Crippen LogP contribution in [-0.4, -0.2) is 61.7 Å². The van der Waals surface area contributed by atoms with Gasteiger partial charge in [0.1, 0.15) is 0 Å². The summed E-state index contributed by atoms with van der Waals surface area (Å²) in [7, 11) is 4.39. The highest BCUT2D eigenvalue weighted by Gasteiger charge is 2.36. The Morgan fingerprint density at radius 2 is 2.00 bits per heavy atom. The molecule has 1 saturated carbocycles. The number of nitrogens with one attached hydrogen (secondary N) is 1. The van der Waals surface area contributed by atoms with Gasteiger partial charge in [-0.25, -0.2) is 0 Å². The van der Waals surface area contributed by atoms with E-state index in [1.807, 2.05) is 0 Å². The molecule has 2 rings (SSSR count). The monoisotopic (exact) mass is 253 g/mol. The van der Waals surface area contributed by atoms with Crippen LogP contribution in [0.15, 0.2) is 0 Å². The van der Waals surface area contributed by atoms with Crippen molar-refractivity contribution in [2.24, 2.45) is 5.92 Å². The van der Waals surface area contributed by atoms with Crippen molar-refractivity contribution in [2.75, 3.05) is 33.7 Å². The Morgan fingerprint density at radius 1 is 1.22 bits per heavy atom. The predicted octanol–water partition coefficient (Wildman–Crippen LogP) is 1.79. The second-order valence-electron chi connectivity index (χ2n) is 6.40. The van der Waals surface area contributed by atoms with E-state index in [9.17, 15) is 0 Å². The number of nitrogens with zero attached hydrogens (tertiary/aromatic N) is 2. The van der Waals surface area contributed by atoms with Gasteiger partial charge in [-0.1, -0.05) is 13.3 Å². The zero-order chi connectivity index (χ0) is 13.1. The molecular weight excluding hydrogens is 222 g/mol. The van der Waals surface area contributed by atoms with Gasteiger partial charge in [0, 0.05) is 37.8 Å². The van der Waals surface area contributed by atoms with E-state index in [1.165, 1.54) is 45.3 Å². The van der Waals surface area contributed by atoms with Gasteiger partial charge in [0.25, 0.3) is 0 Å². The average molecular weight is 253 g/mol. The van der Waals surface area contributed by atoms with Crippen LogP contribution in [0.2, 0.25) is 0 Å². The molecule has 0 aromatic heterocycles. The van der Waals surface area contributed by atoms with Gasteiger partial charge in [-0.15, -0.1) is 0 Å². The van der Waals surface area contributed by atoms with Crippen LogP contribution in [0.3, 0.4) is 0 Å². The Labute approximate surface area is 113 Å². The molecule has 4 atom stereocenters. The Hall–Kier alpha value is -0.120. The summed E-state index contributed by atoms with van der Waals surface area (Å²) in [5, 5.41) is 3.57. The summed E-state index contributed by atoms with van der Waals surface area (Å²) in [6.45, 7) is 8.46. The molecule has 1 aliphatic carbocycles. The minimum absolute atomic E-state index is 0.707. The van der Waals surface area contributed by atoms with Crippen LogP contribution in [-0.2, 0) is 0 Å². The average Bonchev–Trinajstić information content (AvgIpc) is 2.38. The lowest BCUT2D eigenvalue weighted by atomic mass is 9.79. The van der Waals surface area contributed by atoms with Crippen LogP contribution in [0.1, 0.15) is 39.5 Å². The third kappa shape index (κ3) is 3.06. The van der Waals surface area contributed by atoms with E-state index in [-0.39, 0.29) is 0 Å². The van der Waals surface area contributed by atoms with Crippen LogP contribution < -0.4 is 5.32 Å². The molecule has 2 fully saturated rings. The molecule has 1 aliphatic heterocycles. The molecule has 0 bridgehead atoms. The van der Waals surface area contributed by atoms with E-state index in [0.717, 1.165) is 12.0 Å². The van der Waals surface area contributed by atoms with Crippen LogP contribution in [0, 0.1) is 5.92 Å². The maximum atomic E-state index is 3.57. The largest absolute Gasteiger partial charge is 0.315 e. The van der Waals surface area contributed by atoms with Crippen molar-refractivity contribution in [3.63, 3.8) is 0 Å². The van der Waals surface area contributed by atoms with Crippen LogP contribution in [0.25, 0.3) is 0 Å². The molecule has 1 N–H and O–H groups in total. The van der Waals surface area contributed by atoms with Gasteiger partial charge in [-0.05, 0) is 46.2 Å². The fraction of sp³-hybridized carbons (Fsp3) is 1.00. The highest BCUT2D eigenvalue weighted by Crippen LogP contribution is 2.31. The zero-order valence-corrected chi connectivity index (χ0v) is 12.7. The molecule has 4 unspecified atom stereocenters. The van der Waals surface area contributed by atoms with Gasteiger partial charge < -0.3 is 10.2 Å². The van der Waals surface area contributed by atoms with Crippen LogP contribution in [0.4, 0.5) is 0 Å². The predicted molar refractivity (Wildman–Crippen MR) is 77.9 cm³/mol. The lowest BCUT2D eigenvalue weighted by molar-refractivity contribution is 0.0196. The van der Waals surface area contributed by atoms with E-state index in [1.54, 1.807) is 0 Å². The van der Waals surface area contributed by atoms with Crippen molar-refractivity contribution in [1.82, 2.24) is 15.1 Å². The maximum Gasteiger partial charge on any atom is 0.0255 e. The molecule has 0 amide bonds. The second kappa shape index (κ2) is 6.36. The van der Waals surface area contributed by atoms with E-state index < -0.39 is 0 Å². The Bertz CT molecular complexity index is 256.